The molecule has 120 valence electrons. The predicted molar refractivity (Wildman–Crippen MR) is 86.2 cm³/mol. The van der Waals surface area contributed by atoms with Crippen LogP contribution in [-0.2, 0) is 4.74 Å². The number of carbonyl (C=O) groups excluding carboxylic acids is 1. The topological polar surface area (TPSA) is 54.5 Å². The van der Waals surface area contributed by atoms with E-state index in [-0.39, 0.29) is 5.91 Å². The van der Waals surface area contributed by atoms with Crippen molar-refractivity contribution in [2.75, 3.05) is 31.2 Å². The van der Waals surface area contributed by atoms with Gasteiger partial charge in [-0.1, -0.05) is 19.8 Å². The Bertz CT molecular complexity index is 497. The fraction of sp³-hybridized carbons (Fsp3) is 0.647. The van der Waals surface area contributed by atoms with Gasteiger partial charge in [-0.15, -0.1) is 0 Å². The minimum Gasteiger partial charge on any atom is -0.378 e. The zero-order chi connectivity index (χ0) is 15.4. The molecule has 2 fully saturated rings. The number of morpholine rings is 1. The molecule has 1 aliphatic heterocycles. The molecule has 1 aromatic heterocycles. The lowest BCUT2D eigenvalue weighted by Crippen LogP contribution is -2.41. The fourth-order valence-electron chi connectivity index (χ4n) is 3.28. The smallest absolute Gasteiger partial charge is 0.253 e. The molecule has 0 bridgehead atoms. The van der Waals surface area contributed by atoms with Gasteiger partial charge in [-0.05, 0) is 30.9 Å². The summed E-state index contributed by atoms with van der Waals surface area (Å²) in [6, 6.07) is 4.12. The first kappa shape index (κ1) is 15.3. The van der Waals surface area contributed by atoms with E-state index in [0.29, 0.717) is 17.5 Å². The summed E-state index contributed by atoms with van der Waals surface area (Å²) in [5.41, 5.74) is 0.648. The third kappa shape index (κ3) is 3.58. The van der Waals surface area contributed by atoms with Crippen LogP contribution >= 0.6 is 0 Å². The van der Waals surface area contributed by atoms with Crippen LogP contribution < -0.4 is 10.2 Å². The molecule has 5 nitrogen and oxygen atoms in total. The third-order valence-corrected chi connectivity index (χ3v) is 4.77. The Hall–Kier alpha value is -1.62. The minimum atomic E-state index is -0.000206. The van der Waals surface area contributed by atoms with Crippen molar-refractivity contribution < 1.29 is 9.53 Å². The summed E-state index contributed by atoms with van der Waals surface area (Å²) in [4.78, 5) is 19.0. The van der Waals surface area contributed by atoms with Crippen molar-refractivity contribution in [3.8, 4) is 0 Å². The van der Waals surface area contributed by atoms with Gasteiger partial charge >= 0.3 is 0 Å². The van der Waals surface area contributed by atoms with Gasteiger partial charge in [0.25, 0.3) is 5.91 Å². The van der Waals surface area contributed by atoms with Crippen LogP contribution in [-0.4, -0.2) is 43.2 Å². The Morgan fingerprint density at radius 2 is 2.05 bits per heavy atom. The number of hydrogen-bond acceptors (Lipinski definition) is 4. The van der Waals surface area contributed by atoms with Crippen molar-refractivity contribution in [3.05, 3.63) is 23.9 Å². The van der Waals surface area contributed by atoms with Crippen molar-refractivity contribution >= 4 is 11.7 Å². The van der Waals surface area contributed by atoms with Crippen molar-refractivity contribution in [3.63, 3.8) is 0 Å². The number of carbonyl (C=O) groups is 1. The molecular weight excluding hydrogens is 278 g/mol. The molecule has 1 saturated heterocycles. The van der Waals surface area contributed by atoms with Crippen molar-refractivity contribution in [2.45, 2.75) is 38.6 Å². The summed E-state index contributed by atoms with van der Waals surface area (Å²) in [7, 11) is 0. The first-order valence-electron chi connectivity index (χ1n) is 8.33. The molecule has 1 saturated carbocycles. The van der Waals surface area contributed by atoms with E-state index in [9.17, 15) is 4.79 Å². The normalized spacial score (nSPS) is 25.8. The van der Waals surface area contributed by atoms with Crippen LogP contribution in [0, 0.1) is 5.92 Å². The largest absolute Gasteiger partial charge is 0.378 e. The van der Waals surface area contributed by atoms with E-state index in [2.05, 4.69) is 22.1 Å². The Kier molecular flexibility index (Phi) is 4.93. The molecule has 0 radical (unpaired) electrons. The maximum Gasteiger partial charge on any atom is 0.253 e. The SMILES string of the molecule is CC1CCCCC1NC(=O)c1ccc(N2CCOCC2)nc1. The molecular formula is C17H25N3O2. The zero-order valence-electron chi connectivity index (χ0n) is 13.3. The molecule has 3 rings (SSSR count). The van der Waals surface area contributed by atoms with Gasteiger partial charge < -0.3 is 15.0 Å². The quantitative estimate of drug-likeness (QED) is 0.930. The second kappa shape index (κ2) is 7.09. The molecule has 2 atom stereocenters. The third-order valence-electron chi connectivity index (χ3n) is 4.77. The average Bonchev–Trinajstić information content (AvgIpc) is 2.58. The Balaban J connectivity index is 1.60. The van der Waals surface area contributed by atoms with Gasteiger partial charge in [-0.2, -0.15) is 0 Å². The maximum atomic E-state index is 12.4. The highest BCUT2D eigenvalue weighted by atomic mass is 16.5. The second-order valence-corrected chi connectivity index (χ2v) is 6.35. The number of anilines is 1. The molecule has 0 aromatic carbocycles. The lowest BCUT2D eigenvalue weighted by Gasteiger charge is -2.29. The summed E-state index contributed by atoms with van der Waals surface area (Å²) in [6.07, 6.45) is 6.48. The Morgan fingerprint density at radius 3 is 2.73 bits per heavy atom. The number of ether oxygens (including phenoxy) is 1. The van der Waals surface area contributed by atoms with Gasteiger partial charge in [-0.25, -0.2) is 4.98 Å². The van der Waals surface area contributed by atoms with Crippen LogP contribution in [0.4, 0.5) is 5.82 Å². The van der Waals surface area contributed by atoms with Crippen molar-refractivity contribution in [1.82, 2.24) is 10.3 Å². The number of nitrogens with one attached hydrogen (secondary N) is 1. The maximum absolute atomic E-state index is 12.4. The van der Waals surface area contributed by atoms with Crippen molar-refractivity contribution in [1.29, 1.82) is 0 Å². The van der Waals surface area contributed by atoms with Gasteiger partial charge in [0.1, 0.15) is 5.82 Å². The molecule has 1 aliphatic carbocycles. The zero-order valence-corrected chi connectivity index (χ0v) is 13.3. The van der Waals surface area contributed by atoms with E-state index in [1.54, 1.807) is 6.20 Å². The minimum absolute atomic E-state index is 0.000206. The summed E-state index contributed by atoms with van der Waals surface area (Å²) < 4.78 is 5.34. The standard InChI is InChI=1S/C17H25N3O2/c1-13-4-2-3-5-15(13)19-17(21)14-6-7-16(18-12-14)20-8-10-22-11-9-20/h6-7,12-13,15H,2-5,8-11H2,1H3,(H,19,21). The van der Waals surface area contributed by atoms with E-state index in [0.717, 1.165) is 38.5 Å². The lowest BCUT2D eigenvalue weighted by atomic mass is 9.86. The fourth-order valence-corrected chi connectivity index (χ4v) is 3.28. The molecule has 1 N–H and O–H groups in total. The van der Waals surface area contributed by atoms with Crippen LogP contribution in [0.1, 0.15) is 43.0 Å². The van der Waals surface area contributed by atoms with Gasteiger partial charge in [0.05, 0.1) is 18.8 Å². The molecule has 0 spiro atoms. The summed E-state index contributed by atoms with van der Waals surface area (Å²) in [6.45, 7) is 5.42. The van der Waals surface area contributed by atoms with Crippen LogP contribution in [0.25, 0.3) is 0 Å². The highest BCUT2D eigenvalue weighted by Crippen LogP contribution is 2.24. The number of aromatic nitrogens is 1. The number of hydrogen-bond donors (Lipinski definition) is 1. The average molecular weight is 303 g/mol. The first-order valence-corrected chi connectivity index (χ1v) is 8.33. The highest BCUT2D eigenvalue weighted by Gasteiger charge is 2.23. The molecule has 5 heteroatoms. The number of pyridine rings is 1. The van der Waals surface area contributed by atoms with Crippen LogP contribution in [0.5, 0.6) is 0 Å². The van der Waals surface area contributed by atoms with Gasteiger partial charge in [0, 0.05) is 25.3 Å². The number of amides is 1. The summed E-state index contributed by atoms with van der Waals surface area (Å²) in [5, 5.41) is 3.17. The molecule has 2 heterocycles. The van der Waals surface area contributed by atoms with Gasteiger partial charge in [0.2, 0.25) is 0 Å². The van der Waals surface area contributed by atoms with E-state index in [1.807, 2.05) is 12.1 Å². The molecule has 1 aromatic rings. The molecule has 2 aliphatic rings. The molecule has 22 heavy (non-hydrogen) atoms. The summed E-state index contributed by atoms with van der Waals surface area (Å²) in [5.74, 6) is 1.49. The van der Waals surface area contributed by atoms with E-state index < -0.39 is 0 Å². The molecule has 1 amide bonds. The van der Waals surface area contributed by atoms with Crippen molar-refractivity contribution in [2.24, 2.45) is 5.92 Å². The number of rotatable bonds is 3. The predicted octanol–water partition coefficient (Wildman–Crippen LogP) is 2.23. The van der Waals surface area contributed by atoms with Gasteiger partial charge in [0.15, 0.2) is 0 Å². The van der Waals surface area contributed by atoms with E-state index in [1.165, 1.54) is 19.3 Å². The van der Waals surface area contributed by atoms with E-state index in [4.69, 9.17) is 4.74 Å². The Morgan fingerprint density at radius 1 is 1.27 bits per heavy atom. The van der Waals surface area contributed by atoms with Gasteiger partial charge in [-0.3, -0.25) is 4.79 Å². The highest BCUT2D eigenvalue weighted by molar-refractivity contribution is 5.94. The second-order valence-electron chi connectivity index (χ2n) is 6.35. The van der Waals surface area contributed by atoms with E-state index >= 15 is 0 Å². The van der Waals surface area contributed by atoms with Crippen LogP contribution in [0.15, 0.2) is 18.3 Å². The number of nitrogens with zero attached hydrogens (tertiary/aromatic N) is 2. The monoisotopic (exact) mass is 303 g/mol. The Labute approximate surface area is 132 Å². The van der Waals surface area contributed by atoms with Crippen LogP contribution in [0.3, 0.4) is 0 Å². The lowest BCUT2D eigenvalue weighted by molar-refractivity contribution is 0.0910. The molecule has 2 unspecified atom stereocenters. The summed E-state index contributed by atoms with van der Waals surface area (Å²) >= 11 is 0. The van der Waals surface area contributed by atoms with Crippen LogP contribution in [0.2, 0.25) is 0 Å². The first-order chi connectivity index (χ1) is 10.7.